The highest BCUT2D eigenvalue weighted by Crippen LogP contribution is 2.36. The lowest BCUT2D eigenvalue weighted by Crippen LogP contribution is -2.36. The number of ether oxygens (including phenoxy) is 2. The normalized spacial score (nSPS) is 19.6. The standard InChI is InChI=1S/C30H31N3O4S/c1-4-36-29(35)22-10-8-13-25(17-22)33-20(2)16-23(21(33)3)18-27-28(34)32(19-26-14-9-15-37-26)30(38-27)31-24-11-6-5-7-12-24/h5-8,10-13,16-18,26H,4,9,14-15,19H2,1-3H3/b27-18-,31-30?/t26-/m0/s1. The van der Waals surface area contributed by atoms with Crippen LogP contribution < -0.4 is 0 Å². The summed E-state index contributed by atoms with van der Waals surface area (Å²) in [7, 11) is 0. The van der Waals surface area contributed by atoms with Gasteiger partial charge in [-0.1, -0.05) is 24.3 Å². The lowest BCUT2D eigenvalue weighted by Gasteiger charge is -2.19. The Morgan fingerprint density at radius 2 is 1.97 bits per heavy atom. The van der Waals surface area contributed by atoms with Crippen molar-refractivity contribution in [3.63, 3.8) is 0 Å². The third-order valence-corrected chi connectivity index (χ3v) is 7.66. The third-order valence-electron chi connectivity index (χ3n) is 6.65. The van der Waals surface area contributed by atoms with Crippen LogP contribution in [-0.4, -0.2) is 52.4 Å². The number of amides is 1. The fourth-order valence-corrected chi connectivity index (χ4v) is 5.81. The van der Waals surface area contributed by atoms with E-state index in [1.807, 2.05) is 68.5 Å². The number of hydrogen-bond acceptors (Lipinski definition) is 6. The molecule has 2 aliphatic heterocycles. The summed E-state index contributed by atoms with van der Waals surface area (Å²) in [5, 5.41) is 0.666. The van der Waals surface area contributed by atoms with Crippen molar-refractivity contribution in [2.45, 2.75) is 39.7 Å². The van der Waals surface area contributed by atoms with E-state index in [0.717, 1.165) is 47.8 Å². The maximum atomic E-state index is 13.6. The van der Waals surface area contributed by atoms with Crippen molar-refractivity contribution >= 4 is 40.6 Å². The first kappa shape index (κ1) is 26.0. The van der Waals surface area contributed by atoms with Crippen molar-refractivity contribution in [3.8, 4) is 5.69 Å². The highest BCUT2D eigenvalue weighted by atomic mass is 32.2. The molecule has 2 aliphatic rings. The minimum absolute atomic E-state index is 0.0246. The molecule has 1 atom stereocenters. The molecule has 2 aromatic carbocycles. The van der Waals surface area contributed by atoms with E-state index in [1.54, 1.807) is 17.9 Å². The van der Waals surface area contributed by atoms with Gasteiger partial charge in [-0.15, -0.1) is 0 Å². The van der Waals surface area contributed by atoms with E-state index in [-0.39, 0.29) is 18.0 Å². The van der Waals surface area contributed by atoms with Crippen molar-refractivity contribution in [2.24, 2.45) is 4.99 Å². The van der Waals surface area contributed by atoms with E-state index in [1.165, 1.54) is 11.8 Å². The number of aliphatic imine (C=N–C) groups is 1. The summed E-state index contributed by atoms with van der Waals surface area (Å²) in [5.74, 6) is -0.405. The molecule has 0 aliphatic carbocycles. The minimum Gasteiger partial charge on any atom is -0.462 e. The number of para-hydroxylation sites is 1. The van der Waals surface area contributed by atoms with Crippen molar-refractivity contribution in [3.05, 3.63) is 88.1 Å². The molecule has 2 fully saturated rings. The highest BCUT2D eigenvalue weighted by Gasteiger charge is 2.36. The molecule has 196 valence electrons. The summed E-state index contributed by atoms with van der Waals surface area (Å²) < 4.78 is 13.1. The van der Waals surface area contributed by atoms with E-state index in [9.17, 15) is 9.59 Å². The molecule has 8 heteroatoms. The number of hydrogen-bond donors (Lipinski definition) is 0. The van der Waals surface area contributed by atoms with Crippen LogP contribution in [0.4, 0.5) is 5.69 Å². The second-order valence-electron chi connectivity index (χ2n) is 9.32. The fraction of sp³-hybridized carbons (Fsp3) is 0.300. The summed E-state index contributed by atoms with van der Waals surface area (Å²) >= 11 is 1.39. The van der Waals surface area contributed by atoms with E-state index < -0.39 is 0 Å². The van der Waals surface area contributed by atoms with Gasteiger partial charge >= 0.3 is 5.97 Å². The zero-order chi connectivity index (χ0) is 26.6. The number of carbonyl (C=O) groups is 2. The SMILES string of the molecule is CCOC(=O)c1cccc(-n2c(C)cc(/C=C3\SC(=Nc4ccccc4)N(C[C@@H]4CCCO4)C3=O)c2C)c1. The zero-order valence-electron chi connectivity index (χ0n) is 21.8. The number of thioether (sulfide) groups is 1. The molecule has 0 N–H and O–H groups in total. The summed E-state index contributed by atoms with van der Waals surface area (Å²) in [6.45, 7) is 7.38. The van der Waals surface area contributed by atoms with Crippen LogP contribution >= 0.6 is 11.8 Å². The van der Waals surface area contributed by atoms with E-state index in [2.05, 4.69) is 10.6 Å². The average Bonchev–Trinajstić information content (AvgIpc) is 3.61. The van der Waals surface area contributed by atoms with Gasteiger partial charge in [0.05, 0.1) is 35.4 Å². The Balaban J connectivity index is 1.47. The summed E-state index contributed by atoms with van der Waals surface area (Å²) in [4.78, 5) is 33.0. The number of esters is 1. The highest BCUT2D eigenvalue weighted by molar-refractivity contribution is 8.18. The van der Waals surface area contributed by atoms with Gasteiger partial charge in [-0.05, 0) is 93.4 Å². The first-order valence-corrected chi connectivity index (χ1v) is 13.7. The van der Waals surface area contributed by atoms with Crippen molar-refractivity contribution in [1.82, 2.24) is 9.47 Å². The lowest BCUT2D eigenvalue weighted by molar-refractivity contribution is -0.123. The first-order valence-electron chi connectivity index (χ1n) is 12.9. The molecule has 0 radical (unpaired) electrons. The number of carbonyl (C=O) groups excluding carboxylic acids is 2. The topological polar surface area (TPSA) is 73.1 Å². The number of aryl methyl sites for hydroxylation is 1. The Bertz CT molecular complexity index is 1400. The number of rotatable bonds is 7. The second-order valence-corrected chi connectivity index (χ2v) is 10.3. The summed E-state index contributed by atoms with van der Waals surface area (Å²) in [6.07, 6.45) is 3.92. The van der Waals surface area contributed by atoms with Crippen LogP contribution in [0.15, 0.2) is 70.6 Å². The molecule has 7 nitrogen and oxygen atoms in total. The van der Waals surface area contributed by atoms with Crippen LogP contribution in [0.5, 0.6) is 0 Å². The van der Waals surface area contributed by atoms with Crippen molar-refractivity contribution in [1.29, 1.82) is 0 Å². The van der Waals surface area contributed by atoms with Gasteiger partial charge in [0.25, 0.3) is 5.91 Å². The van der Waals surface area contributed by atoms with Crippen molar-refractivity contribution < 1.29 is 19.1 Å². The van der Waals surface area contributed by atoms with Gasteiger partial charge in [0.2, 0.25) is 0 Å². The van der Waals surface area contributed by atoms with Gasteiger partial charge in [0.1, 0.15) is 0 Å². The first-order chi connectivity index (χ1) is 18.4. The summed E-state index contributed by atoms with van der Waals surface area (Å²) in [6, 6.07) is 19.1. The molecule has 2 saturated heterocycles. The Labute approximate surface area is 227 Å². The molecule has 0 bridgehead atoms. The molecule has 38 heavy (non-hydrogen) atoms. The number of nitrogens with zero attached hydrogens (tertiary/aromatic N) is 3. The van der Waals surface area contributed by atoms with E-state index in [4.69, 9.17) is 14.5 Å². The predicted octanol–water partition coefficient (Wildman–Crippen LogP) is 6.05. The third kappa shape index (κ3) is 5.47. The molecular weight excluding hydrogens is 498 g/mol. The van der Waals surface area contributed by atoms with Crippen LogP contribution in [0.1, 0.15) is 47.1 Å². The molecule has 0 saturated carbocycles. The Hall–Kier alpha value is -3.62. The lowest BCUT2D eigenvalue weighted by atomic mass is 10.2. The molecule has 3 heterocycles. The van der Waals surface area contributed by atoms with Crippen LogP contribution in [0.2, 0.25) is 0 Å². The van der Waals surface area contributed by atoms with Gasteiger partial charge in [-0.2, -0.15) is 0 Å². The van der Waals surface area contributed by atoms with Gasteiger partial charge in [0.15, 0.2) is 5.17 Å². The monoisotopic (exact) mass is 529 g/mol. The molecule has 1 aromatic heterocycles. The smallest absolute Gasteiger partial charge is 0.338 e. The van der Waals surface area contributed by atoms with Gasteiger partial charge < -0.3 is 14.0 Å². The summed E-state index contributed by atoms with van der Waals surface area (Å²) in [5.41, 5.74) is 5.10. The minimum atomic E-state index is -0.344. The maximum absolute atomic E-state index is 13.6. The van der Waals surface area contributed by atoms with E-state index in [0.29, 0.717) is 28.8 Å². The Morgan fingerprint density at radius 3 is 2.71 bits per heavy atom. The molecule has 0 spiro atoms. The average molecular weight is 530 g/mol. The zero-order valence-corrected chi connectivity index (χ0v) is 22.7. The predicted molar refractivity (Wildman–Crippen MR) is 151 cm³/mol. The second kappa shape index (κ2) is 11.4. The van der Waals surface area contributed by atoms with E-state index >= 15 is 0 Å². The molecule has 3 aromatic rings. The van der Waals surface area contributed by atoms with Gasteiger partial charge in [0, 0.05) is 23.7 Å². The van der Waals surface area contributed by atoms with Crippen LogP contribution in [-0.2, 0) is 14.3 Å². The fourth-order valence-electron chi connectivity index (χ4n) is 4.82. The number of aromatic nitrogens is 1. The number of benzene rings is 2. The van der Waals surface area contributed by atoms with Crippen LogP contribution in [0.25, 0.3) is 11.8 Å². The van der Waals surface area contributed by atoms with Gasteiger partial charge in [-0.25, -0.2) is 9.79 Å². The van der Waals surface area contributed by atoms with Crippen LogP contribution in [0, 0.1) is 13.8 Å². The van der Waals surface area contributed by atoms with Gasteiger partial charge in [-0.3, -0.25) is 9.69 Å². The number of amidine groups is 1. The molecule has 0 unspecified atom stereocenters. The Kier molecular flexibility index (Phi) is 7.81. The largest absolute Gasteiger partial charge is 0.462 e. The molecule has 1 amide bonds. The van der Waals surface area contributed by atoms with Crippen LogP contribution in [0.3, 0.4) is 0 Å². The molecule has 5 rings (SSSR count). The van der Waals surface area contributed by atoms with Crippen molar-refractivity contribution in [2.75, 3.05) is 19.8 Å². The quantitative estimate of drug-likeness (QED) is 0.275. The maximum Gasteiger partial charge on any atom is 0.338 e. The Morgan fingerprint density at radius 1 is 1.16 bits per heavy atom. The molecular formula is C30H31N3O4S.